The van der Waals surface area contributed by atoms with Crippen molar-refractivity contribution >= 4 is 23.6 Å². The van der Waals surface area contributed by atoms with E-state index in [1.165, 1.54) is 9.80 Å². The highest BCUT2D eigenvalue weighted by Gasteiger charge is 2.74. The molecule has 2 heterocycles. The summed E-state index contributed by atoms with van der Waals surface area (Å²) in [4.78, 5) is 56.5. The Morgan fingerprint density at radius 1 is 0.500 bits per heavy atom. The third-order valence-corrected chi connectivity index (χ3v) is 8.89. The number of carbonyl (C=O) groups is 4. The van der Waals surface area contributed by atoms with Gasteiger partial charge in [0.25, 0.3) is 0 Å². The molecule has 2 saturated carbocycles. The topological polar surface area (TPSA) is 74.8 Å². The van der Waals surface area contributed by atoms with Crippen LogP contribution in [0.4, 0.5) is 0 Å². The van der Waals surface area contributed by atoms with Crippen LogP contribution in [-0.4, -0.2) is 33.4 Å². The summed E-state index contributed by atoms with van der Waals surface area (Å²) in [5.41, 5.74) is 1.85. The van der Waals surface area contributed by atoms with Gasteiger partial charge in [0.15, 0.2) is 0 Å². The lowest BCUT2D eigenvalue weighted by Crippen LogP contribution is -2.63. The highest BCUT2D eigenvalue weighted by molar-refractivity contribution is 6.09. The molecule has 0 N–H and O–H groups in total. The van der Waals surface area contributed by atoms with Gasteiger partial charge in [-0.15, -0.1) is 0 Å². The van der Waals surface area contributed by atoms with Gasteiger partial charge in [0.1, 0.15) is 0 Å². The first-order valence-electron chi connectivity index (χ1n) is 12.0. The van der Waals surface area contributed by atoms with Crippen LogP contribution in [-0.2, 0) is 32.3 Å². The second-order valence-electron chi connectivity index (χ2n) is 10.3. The molecule has 0 radical (unpaired) electrons. The molecule has 34 heavy (non-hydrogen) atoms. The maximum absolute atomic E-state index is 13.5. The Hall–Kier alpha value is -3.54. The number of hydrogen-bond donors (Lipinski definition) is 0. The van der Waals surface area contributed by atoms with Gasteiger partial charge in [-0.25, -0.2) is 0 Å². The molecule has 2 aromatic rings. The van der Waals surface area contributed by atoms with Crippen LogP contribution < -0.4 is 0 Å². The minimum absolute atomic E-state index is 0.0353. The fourth-order valence-electron chi connectivity index (χ4n) is 7.57. The van der Waals surface area contributed by atoms with Gasteiger partial charge in [0, 0.05) is 0 Å². The molecule has 8 atom stereocenters. The van der Waals surface area contributed by atoms with Crippen molar-refractivity contribution < 1.29 is 19.2 Å². The Morgan fingerprint density at radius 3 is 1.24 bits per heavy atom. The van der Waals surface area contributed by atoms with E-state index in [1.807, 2.05) is 60.7 Å². The van der Waals surface area contributed by atoms with Gasteiger partial charge < -0.3 is 0 Å². The fourth-order valence-corrected chi connectivity index (χ4v) is 7.57. The van der Waals surface area contributed by atoms with Crippen LogP contribution >= 0.6 is 0 Å². The predicted octanol–water partition coefficient (Wildman–Crippen LogP) is 2.65. The van der Waals surface area contributed by atoms with Crippen LogP contribution in [0.25, 0.3) is 0 Å². The molecular formula is C28H24N2O4. The molecule has 4 fully saturated rings. The minimum atomic E-state index is -0.417. The monoisotopic (exact) mass is 452 g/mol. The highest BCUT2D eigenvalue weighted by Crippen LogP contribution is 2.68. The normalized spacial score (nSPS) is 37.1. The number of fused-ring (bicyclic) bond motifs is 1. The van der Waals surface area contributed by atoms with Crippen LogP contribution in [0, 0.1) is 47.3 Å². The molecule has 4 aliphatic carbocycles. The summed E-state index contributed by atoms with van der Waals surface area (Å²) >= 11 is 0. The van der Waals surface area contributed by atoms with Crippen molar-refractivity contribution in [3.63, 3.8) is 0 Å². The number of allylic oxidation sites excluding steroid dienone is 2. The van der Waals surface area contributed by atoms with E-state index in [4.69, 9.17) is 0 Å². The summed E-state index contributed by atoms with van der Waals surface area (Å²) in [6.07, 6.45) is 4.11. The minimum Gasteiger partial charge on any atom is -0.278 e. The van der Waals surface area contributed by atoms with E-state index in [2.05, 4.69) is 12.2 Å². The van der Waals surface area contributed by atoms with E-state index in [0.29, 0.717) is 0 Å². The van der Waals surface area contributed by atoms with Crippen molar-refractivity contribution in [2.45, 2.75) is 13.1 Å². The number of benzene rings is 2. The largest absolute Gasteiger partial charge is 0.278 e. The Labute approximate surface area is 197 Å². The van der Waals surface area contributed by atoms with Crippen molar-refractivity contribution in [2.75, 3.05) is 0 Å². The van der Waals surface area contributed by atoms with Crippen molar-refractivity contribution in [2.24, 2.45) is 47.3 Å². The van der Waals surface area contributed by atoms with Gasteiger partial charge in [0.2, 0.25) is 23.6 Å². The zero-order chi connectivity index (χ0) is 23.1. The summed E-state index contributed by atoms with van der Waals surface area (Å²) < 4.78 is 0. The van der Waals surface area contributed by atoms with E-state index < -0.39 is 11.8 Å². The fraction of sp³-hybridized carbons (Fsp3) is 0.357. The molecule has 6 nitrogen and oxygen atoms in total. The number of amides is 4. The van der Waals surface area contributed by atoms with Gasteiger partial charge in [-0.1, -0.05) is 72.8 Å². The maximum Gasteiger partial charge on any atom is 0.234 e. The molecule has 2 aromatic carbocycles. The number of nitrogens with zero attached hydrogens (tertiary/aromatic N) is 2. The van der Waals surface area contributed by atoms with Crippen LogP contribution in [0.3, 0.4) is 0 Å². The van der Waals surface area contributed by atoms with Crippen molar-refractivity contribution in [1.29, 1.82) is 0 Å². The second-order valence-corrected chi connectivity index (χ2v) is 10.3. The number of hydrogen-bond acceptors (Lipinski definition) is 4. The first-order valence-corrected chi connectivity index (χ1v) is 12.0. The standard InChI is InChI=1S/C28H24N2O4/c31-25-21-17-11-12-18(22(21)26(32)29(25)13-15-7-3-1-4-8-15)20-19(17)23-24(20)28(34)30(27(23)33)14-16-9-5-2-6-10-16/h1-12,17-24H,13-14H2/t17-,18-,19-,20-,21-,22+,23-,24+/m0/s1. The lowest BCUT2D eigenvalue weighted by atomic mass is 9.40. The smallest absolute Gasteiger partial charge is 0.234 e. The molecule has 0 spiro atoms. The molecule has 170 valence electrons. The van der Waals surface area contributed by atoms with E-state index >= 15 is 0 Å². The summed E-state index contributed by atoms with van der Waals surface area (Å²) in [6, 6.07) is 19.1. The number of imide groups is 2. The number of rotatable bonds is 4. The molecule has 8 rings (SSSR count). The summed E-state index contributed by atoms with van der Waals surface area (Å²) in [5.74, 6) is -2.45. The third kappa shape index (κ3) is 2.46. The first kappa shape index (κ1) is 19.9. The van der Waals surface area contributed by atoms with Crippen LogP contribution in [0.2, 0.25) is 0 Å². The van der Waals surface area contributed by atoms with Gasteiger partial charge >= 0.3 is 0 Å². The maximum atomic E-state index is 13.5. The number of likely N-dealkylation sites (tertiary alicyclic amines) is 2. The van der Waals surface area contributed by atoms with Gasteiger partial charge in [-0.05, 0) is 34.8 Å². The second kappa shape index (κ2) is 6.98. The molecule has 2 aliphatic heterocycles. The van der Waals surface area contributed by atoms with Gasteiger partial charge in [0.05, 0.1) is 36.8 Å². The molecule has 0 aromatic heterocycles. The molecule has 6 aliphatic rings. The van der Waals surface area contributed by atoms with Gasteiger partial charge in [-0.3, -0.25) is 29.0 Å². The zero-order valence-corrected chi connectivity index (χ0v) is 18.5. The van der Waals surface area contributed by atoms with E-state index in [0.717, 1.165) is 11.1 Å². The lowest BCUT2D eigenvalue weighted by Gasteiger charge is -2.60. The Kier molecular flexibility index (Phi) is 4.08. The molecular weight excluding hydrogens is 428 g/mol. The predicted molar refractivity (Wildman–Crippen MR) is 121 cm³/mol. The SMILES string of the molecule is O=C1[C@@H]2[C@H]3C=C[C@H]([C@@H]2C(=O)N1Cc1ccccc1)[C@@H]1[C@@H]2C(=O)N(Cc4ccccc4)C(=O)[C@@H]2[C@@H]31. The van der Waals surface area contributed by atoms with Crippen LogP contribution in [0.5, 0.6) is 0 Å². The Balaban J connectivity index is 1.18. The van der Waals surface area contributed by atoms with Crippen molar-refractivity contribution in [3.05, 3.63) is 83.9 Å². The highest BCUT2D eigenvalue weighted by atomic mass is 16.2. The van der Waals surface area contributed by atoms with E-state index in [-0.39, 0.29) is 72.2 Å². The molecule has 6 heteroatoms. The van der Waals surface area contributed by atoms with Crippen molar-refractivity contribution in [1.82, 2.24) is 9.80 Å². The average Bonchev–Trinajstić information content (AvgIpc) is 3.21. The van der Waals surface area contributed by atoms with Crippen LogP contribution in [0.15, 0.2) is 72.8 Å². The first-order chi connectivity index (χ1) is 16.6. The Bertz CT molecular complexity index is 1200. The molecule has 4 amide bonds. The van der Waals surface area contributed by atoms with Gasteiger partial charge in [-0.2, -0.15) is 0 Å². The molecule has 2 bridgehead atoms. The molecule has 2 saturated heterocycles. The lowest BCUT2D eigenvalue weighted by molar-refractivity contribution is -0.166. The quantitative estimate of drug-likeness (QED) is 0.528. The average molecular weight is 453 g/mol. The van der Waals surface area contributed by atoms with E-state index in [9.17, 15) is 19.2 Å². The molecule has 0 unspecified atom stereocenters. The number of carbonyl (C=O) groups excluding carboxylic acids is 4. The van der Waals surface area contributed by atoms with E-state index in [1.54, 1.807) is 0 Å². The zero-order valence-electron chi connectivity index (χ0n) is 18.5. The summed E-state index contributed by atoms with van der Waals surface area (Å²) in [7, 11) is 0. The van der Waals surface area contributed by atoms with Crippen LogP contribution in [0.1, 0.15) is 11.1 Å². The van der Waals surface area contributed by atoms with Crippen molar-refractivity contribution in [3.8, 4) is 0 Å². The Morgan fingerprint density at radius 2 is 0.853 bits per heavy atom. The third-order valence-electron chi connectivity index (χ3n) is 8.89. The summed E-state index contributed by atoms with van der Waals surface area (Å²) in [5, 5.41) is 0. The summed E-state index contributed by atoms with van der Waals surface area (Å²) in [6.45, 7) is 0.555.